The number of carboxylic acids is 1. The van der Waals surface area contributed by atoms with Crippen LogP contribution in [0.2, 0.25) is 0 Å². The van der Waals surface area contributed by atoms with Gasteiger partial charge in [0.25, 0.3) is 0 Å². The summed E-state index contributed by atoms with van der Waals surface area (Å²) in [6.45, 7) is 3.73. The molecular formula is C12H15N5O3S. The molecule has 0 radical (unpaired) electrons. The van der Waals surface area contributed by atoms with E-state index in [9.17, 15) is 14.7 Å². The number of aryl methyl sites for hydroxylation is 3. The van der Waals surface area contributed by atoms with Gasteiger partial charge in [-0.1, -0.05) is 0 Å². The van der Waals surface area contributed by atoms with Crippen molar-refractivity contribution in [2.75, 3.05) is 5.32 Å². The predicted molar refractivity (Wildman–Crippen MR) is 77.3 cm³/mol. The molecule has 2 amide bonds. The molecule has 2 aromatic rings. The number of anilines is 1. The third-order valence-corrected chi connectivity index (χ3v) is 3.82. The molecule has 0 saturated heterocycles. The molecule has 2 aromatic heterocycles. The van der Waals surface area contributed by atoms with Gasteiger partial charge in [0.2, 0.25) is 0 Å². The number of rotatable bonds is 4. The molecule has 9 heteroatoms. The molecule has 0 bridgehead atoms. The average molecular weight is 309 g/mol. The lowest BCUT2D eigenvalue weighted by Gasteiger charge is -2.12. The minimum atomic E-state index is -1.17. The van der Waals surface area contributed by atoms with Gasteiger partial charge in [0, 0.05) is 23.7 Å². The normalized spacial score (nSPS) is 12.0. The predicted octanol–water partition coefficient (Wildman–Crippen LogP) is 1.44. The van der Waals surface area contributed by atoms with Crippen molar-refractivity contribution in [3.05, 3.63) is 28.5 Å². The summed E-state index contributed by atoms with van der Waals surface area (Å²) in [4.78, 5) is 28.3. The second-order valence-electron chi connectivity index (χ2n) is 4.48. The smallest absolute Gasteiger partial charge is 0.331 e. The van der Waals surface area contributed by atoms with Gasteiger partial charge in [0.15, 0.2) is 11.2 Å². The van der Waals surface area contributed by atoms with Crippen LogP contribution in [-0.4, -0.2) is 31.9 Å². The third kappa shape index (κ3) is 3.57. The fourth-order valence-electron chi connectivity index (χ4n) is 1.67. The Morgan fingerprint density at radius 1 is 1.43 bits per heavy atom. The van der Waals surface area contributed by atoms with Crippen LogP contribution in [0.15, 0.2) is 12.4 Å². The van der Waals surface area contributed by atoms with Crippen LogP contribution in [0.5, 0.6) is 0 Å². The van der Waals surface area contributed by atoms with Crippen molar-refractivity contribution < 1.29 is 14.7 Å². The second kappa shape index (κ2) is 5.92. The molecule has 8 nitrogen and oxygen atoms in total. The Balaban J connectivity index is 2.06. The number of aromatic nitrogens is 3. The van der Waals surface area contributed by atoms with E-state index in [1.165, 1.54) is 28.4 Å². The van der Waals surface area contributed by atoms with Crippen LogP contribution in [-0.2, 0) is 11.8 Å². The van der Waals surface area contributed by atoms with E-state index in [1.54, 1.807) is 7.05 Å². The number of nitrogens with one attached hydrogen (secondary N) is 2. The van der Waals surface area contributed by atoms with E-state index in [0.29, 0.717) is 10.7 Å². The lowest BCUT2D eigenvalue weighted by atomic mass is 10.2. The van der Waals surface area contributed by atoms with Crippen molar-refractivity contribution in [1.82, 2.24) is 20.1 Å². The molecule has 0 aliphatic carbocycles. The number of amides is 2. The highest BCUT2D eigenvalue weighted by molar-refractivity contribution is 7.15. The second-order valence-corrected chi connectivity index (χ2v) is 5.68. The molecule has 112 valence electrons. The van der Waals surface area contributed by atoms with Crippen molar-refractivity contribution in [2.24, 2.45) is 7.05 Å². The Bertz CT molecular complexity index is 659. The first-order valence-corrected chi connectivity index (χ1v) is 6.91. The van der Waals surface area contributed by atoms with E-state index >= 15 is 0 Å². The Morgan fingerprint density at radius 2 is 2.14 bits per heavy atom. The van der Waals surface area contributed by atoms with Gasteiger partial charge in [-0.2, -0.15) is 5.10 Å². The summed E-state index contributed by atoms with van der Waals surface area (Å²) in [5.41, 5.74) is 1.23. The maximum Gasteiger partial charge on any atom is 0.331 e. The summed E-state index contributed by atoms with van der Waals surface area (Å²) < 4.78 is 1.47. The highest BCUT2D eigenvalue weighted by Gasteiger charge is 2.23. The van der Waals surface area contributed by atoms with E-state index in [2.05, 4.69) is 20.7 Å². The quantitative estimate of drug-likeness (QED) is 0.791. The van der Waals surface area contributed by atoms with Gasteiger partial charge in [-0.15, -0.1) is 11.3 Å². The largest absolute Gasteiger partial charge is 0.479 e. The Kier molecular flexibility index (Phi) is 4.22. The van der Waals surface area contributed by atoms with Crippen molar-refractivity contribution in [3.63, 3.8) is 0 Å². The minimum Gasteiger partial charge on any atom is -0.479 e. The molecule has 1 atom stereocenters. The molecule has 1 unspecified atom stereocenters. The summed E-state index contributed by atoms with van der Waals surface area (Å²) in [5.74, 6) is -1.16. The SMILES string of the molecule is Cc1nc(NC(=O)NC(C(=O)O)c2cnn(C)c2)sc1C. The van der Waals surface area contributed by atoms with Crippen molar-refractivity contribution in [3.8, 4) is 0 Å². The zero-order chi connectivity index (χ0) is 15.6. The first-order valence-electron chi connectivity index (χ1n) is 6.09. The fourth-order valence-corrected chi connectivity index (χ4v) is 2.48. The number of carboxylic acid groups (broad SMARTS) is 1. The van der Waals surface area contributed by atoms with Crippen molar-refractivity contribution >= 4 is 28.5 Å². The van der Waals surface area contributed by atoms with Gasteiger partial charge in [0.05, 0.1) is 11.9 Å². The molecule has 0 fully saturated rings. The topological polar surface area (TPSA) is 109 Å². The number of carbonyl (C=O) groups is 2. The molecule has 0 aliphatic heterocycles. The van der Waals surface area contributed by atoms with Crippen LogP contribution in [0.4, 0.5) is 9.93 Å². The maximum absolute atomic E-state index is 11.9. The molecular weight excluding hydrogens is 294 g/mol. The summed E-state index contributed by atoms with van der Waals surface area (Å²) in [5, 5.41) is 18.5. The molecule has 0 aromatic carbocycles. The van der Waals surface area contributed by atoms with E-state index < -0.39 is 18.0 Å². The summed E-state index contributed by atoms with van der Waals surface area (Å²) in [6.07, 6.45) is 2.94. The van der Waals surface area contributed by atoms with Gasteiger partial charge in [-0.3, -0.25) is 10.00 Å². The molecule has 0 spiro atoms. The number of thiazole rings is 1. The van der Waals surface area contributed by atoms with Crippen LogP contribution in [0, 0.1) is 13.8 Å². The number of hydrogen-bond donors (Lipinski definition) is 3. The molecule has 2 heterocycles. The first kappa shape index (κ1) is 15.0. The minimum absolute atomic E-state index is 0.395. The number of nitrogens with zero attached hydrogens (tertiary/aromatic N) is 3. The molecule has 2 rings (SSSR count). The van der Waals surface area contributed by atoms with Crippen LogP contribution in [0.3, 0.4) is 0 Å². The third-order valence-electron chi connectivity index (χ3n) is 2.83. The summed E-state index contributed by atoms with van der Waals surface area (Å²) in [6, 6.07) is -1.79. The van der Waals surface area contributed by atoms with Gasteiger partial charge >= 0.3 is 12.0 Å². The Morgan fingerprint density at radius 3 is 2.62 bits per heavy atom. The monoisotopic (exact) mass is 309 g/mol. The summed E-state index contributed by atoms with van der Waals surface area (Å²) >= 11 is 1.33. The first-order chi connectivity index (χ1) is 9.86. The number of aliphatic carboxylic acids is 1. The molecule has 0 aliphatic rings. The van der Waals surface area contributed by atoms with Gasteiger partial charge in [0.1, 0.15) is 0 Å². The zero-order valence-electron chi connectivity index (χ0n) is 11.7. The van der Waals surface area contributed by atoms with E-state index in [-0.39, 0.29) is 0 Å². The van der Waals surface area contributed by atoms with Gasteiger partial charge < -0.3 is 10.4 Å². The highest BCUT2D eigenvalue weighted by atomic mass is 32.1. The molecule has 3 N–H and O–H groups in total. The average Bonchev–Trinajstić information content (AvgIpc) is 2.93. The van der Waals surface area contributed by atoms with Gasteiger partial charge in [-0.05, 0) is 13.8 Å². The molecule has 0 saturated carbocycles. The lowest BCUT2D eigenvalue weighted by molar-refractivity contribution is -0.139. The van der Waals surface area contributed by atoms with Crippen molar-refractivity contribution in [2.45, 2.75) is 19.9 Å². The van der Waals surface area contributed by atoms with E-state index in [1.807, 2.05) is 13.8 Å². The van der Waals surface area contributed by atoms with Crippen molar-refractivity contribution in [1.29, 1.82) is 0 Å². The van der Waals surface area contributed by atoms with Crippen LogP contribution < -0.4 is 10.6 Å². The van der Waals surface area contributed by atoms with Crippen LogP contribution in [0.1, 0.15) is 22.2 Å². The van der Waals surface area contributed by atoms with E-state index in [4.69, 9.17) is 0 Å². The van der Waals surface area contributed by atoms with E-state index in [0.717, 1.165) is 10.6 Å². The number of urea groups is 1. The highest BCUT2D eigenvalue weighted by Crippen LogP contribution is 2.21. The number of hydrogen-bond acceptors (Lipinski definition) is 5. The summed E-state index contributed by atoms with van der Waals surface area (Å²) in [7, 11) is 1.67. The number of carbonyl (C=O) groups excluding carboxylic acids is 1. The van der Waals surface area contributed by atoms with Gasteiger partial charge in [-0.25, -0.2) is 14.6 Å². The molecule has 21 heavy (non-hydrogen) atoms. The Labute approximate surface area is 124 Å². The zero-order valence-corrected chi connectivity index (χ0v) is 12.6. The van der Waals surface area contributed by atoms with Crippen LogP contribution >= 0.6 is 11.3 Å². The Hall–Kier alpha value is -2.42. The maximum atomic E-state index is 11.9. The fraction of sp³-hybridized carbons (Fsp3) is 0.333. The standard InChI is InChI=1S/C12H15N5O3S/c1-6-7(2)21-12(14-6)16-11(20)15-9(10(18)19)8-4-13-17(3)5-8/h4-5,9H,1-3H3,(H,18,19)(H2,14,15,16,20). The van der Waals surface area contributed by atoms with Crippen LogP contribution in [0.25, 0.3) is 0 Å². The lowest BCUT2D eigenvalue weighted by Crippen LogP contribution is -2.36.